The van der Waals surface area contributed by atoms with Gasteiger partial charge in [-0.1, -0.05) is 0 Å². The van der Waals surface area contributed by atoms with Crippen LogP contribution >= 0.6 is 0 Å². The summed E-state index contributed by atoms with van der Waals surface area (Å²) in [6.07, 6.45) is -0.825. The number of amides is 2. The summed E-state index contributed by atoms with van der Waals surface area (Å²) in [5.74, 6) is -3.24. The molecule has 0 spiro atoms. The van der Waals surface area contributed by atoms with Gasteiger partial charge in [-0.05, 0) is 19.3 Å². The van der Waals surface area contributed by atoms with Gasteiger partial charge in [0.2, 0.25) is 0 Å². The van der Waals surface area contributed by atoms with Crippen LogP contribution in [0.25, 0.3) is 0 Å². The van der Waals surface area contributed by atoms with E-state index in [9.17, 15) is 49.6 Å². The van der Waals surface area contributed by atoms with Crippen LogP contribution in [0.4, 0.5) is 11.4 Å². The molecule has 0 aliphatic carbocycles. The highest BCUT2D eigenvalue weighted by Crippen LogP contribution is 2.38. The SMILES string of the molecule is COC(=O)C1CC(O)CN1C(=O)c1cc(OC)c(OCCCCCOc2cc([N+](=O)[O-])c(C(=O)N3CC(O)CC3C(=O)OC)cc2OC)cc1[N+](=O)[O-]. The monoisotopic (exact) mass is 748 g/mol. The molecule has 0 aromatic heterocycles. The highest BCUT2D eigenvalue weighted by atomic mass is 16.6. The molecule has 53 heavy (non-hydrogen) atoms. The molecule has 20 heteroatoms. The van der Waals surface area contributed by atoms with Crippen molar-refractivity contribution >= 4 is 35.1 Å². The number of carbonyl (C=O) groups is 4. The van der Waals surface area contributed by atoms with Crippen LogP contribution in [0.1, 0.15) is 52.8 Å². The Labute approximate surface area is 302 Å². The van der Waals surface area contributed by atoms with E-state index in [1.807, 2.05) is 0 Å². The standard InChI is InChI=1S/C33H40N4O16/c1-48-26-12-20(30(40)34-16-18(38)10-24(34)32(42)50-3)22(36(44)45)14-28(26)52-8-6-5-7-9-53-29-15-23(37(46)47)21(13-27(29)49-2)31(41)35-17-19(39)11-25(35)33(43)51-4/h12-15,18-19,24-25,38-39H,5-11,16-17H2,1-4H3. The van der Waals surface area contributed by atoms with Crippen molar-refractivity contribution in [3.05, 3.63) is 55.6 Å². The normalized spacial score (nSPS) is 19.4. The first-order chi connectivity index (χ1) is 25.3. The summed E-state index contributed by atoms with van der Waals surface area (Å²) in [5.41, 5.74) is -1.93. The molecule has 288 valence electrons. The number of β-amino-alcohol motifs (C(OH)–C–C–N with tert-alkyl or cyclic N) is 2. The second-order valence-electron chi connectivity index (χ2n) is 12.1. The molecular formula is C33H40N4O16. The average molecular weight is 749 g/mol. The van der Waals surface area contributed by atoms with Gasteiger partial charge in [0.15, 0.2) is 23.0 Å². The highest BCUT2D eigenvalue weighted by molar-refractivity contribution is 6.02. The first-order valence-corrected chi connectivity index (χ1v) is 16.4. The third kappa shape index (κ3) is 9.01. The number of likely N-dealkylation sites (tertiary alicyclic amines) is 2. The Balaban J connectivity index is 1.37. The van der Waals surface area contributed by atoms with Gasteiger partial charge in [0, 0.05) is 38.1 Å². The van der Waals surface area contributed by atoms with Gasteiger partial charge in [-0.15, -0.1) is 0 Å². The molecule has 2 aliphatic heterocycles. The van der Waals surface area contributed by atoms with Crippen LogP contribution in [-0.2, 0) is 19.1 Å². The number of esters is 2. The van der Waals surface area contributed by atoms with Gasteiger partial charge in [-0.3, -0.25) is 29.8 Å². The maximum absolute atomic E-state index is 13.4. The molecule has 2 saturated heterocycles. The van der Waals surface area contributed by atoms with Crippen molar-refractivity contribution in [2.45, 2.75) is 56.4 Å². The number of unbranched alkanes of at least 4 members (excludes halogenated alkanes) is 2. The van der Waals surface area contributed by atoms with Gasteiger partial charge in [-0.2, -0.15) is 0 Å². The van der Waals surface area contributed by atoms with Crippen molar-refractivity contribution in [3.8, 4) is 23.0 Å². The number of aliphatic hydroxyl groups excluding tert-OH is 2. The molecule has 2 N–H and O–H groups in total. The van der Waals surface area contributed by atoms with Crippen molar-refractivity contribution in [1.29, 1.82) is 0 Å². The Hall–Kier alpha value is -5.76. The van der Waals surface area contributed by atoms with E-state index in [4.69, 9.17) is 28.4 Å². The van der Waals surface area contributed by atoms with E-state index in [-0.39, 0.29) is 73.3 Å². The zero-order valence-electron chi connectivity index (χ0n) is 29.4. The number of nitro groups is 2. The molecule has 2 aromatic carbocycles. The number of hydrogen-bond donors (Lipinski definition) is 2. The van der Waals surface area contributed by atoms with Crippen molar-refractivity contribution in [2.24, 2.45) is 0 Å². The van der Waals surface area contributed by atoms with E-state index in [1.165, 1.54) is 14.2 Å². The van der Waals surface area contributed by atoms with E-state index in [2.05, 4.69) is 0 Å². The first-order valence-electron chi connectivity index (χ1n) is 16.4. The minimum atomic E-state index is -1.12. The van der Waals surface area contributed by atoms with Crippen molar-refractivity contribution in [1.82, 2.24) is 9.80 Å². The molecule has 0 bridgehead atoms. The number of aliphatic hydroxyl groups is 2. The molecule has 0 radical (unpaired) electrons. The fraction of sp³-hybridized carbons (Fsp3) is 0.515. The Morgan fingerprint density at radius 1 is 0.660 bits per heavy atom. The lowest BCUT2D eigenvalue weighted by Crippen LogP contribution is -2.41. The molecule has 0 saturated carbocycles. The second kappa shape index (κ2) is 17.6. The van der Waals surface area contributed by atoms with Gasteiger partial charge >= 0.3 is 11.9 Å². The quantitative estimate of drug-likeness (QED) is 0.107. The van der Waals surface area contributed by atoms with Gasteiger partial charge < -0.3 is 48.4 Å². The molecule has 2 aliphatic rings. The number of nitro benzene ring substituents is 2. The summed E-state index contributed by atoms with van der Waals surface area (Å²) < 4.78 is 31.6. The van der Waals surface area contributed by atoms with Gasteiger partial charge in [0.05, 0.1) is 75.8 Å². The smallest absolute Gasteiger partial charge is 0.328 e. The van der Waals surface area contributed by atoms with Crippen LogP contribution < -0.4 is 18.9 Å². The molecule has 4 rings (SSSR count). The lowest BCUT2D eigenvalue weighted by atomic mass is 10.1. The molecule has 2 amide bonds. The molecule has 4 unspecified atom stereocenters. The van der Waals surface area contributed by atoms with Crippen LogP contribution in [0.5, 0.6) is 23.0 Å². The fourth-order valence-electron chi connectivity index (χ4n) is 6.14. The Bertz CT molecular complexity index is 1610. The topological polar surface area (TPSA) is 257 Å². The van der Waals surface area contributed by atoms with Crippen LogP contribution in [0.2, 0.25) is 0 Å². The summed E-state index contributed by atoms with van der Waals surface area (Å²) in [7, 11) is 4.83. The minimum Gasteiger partial charge on any atom is -0.493 e. The number of carbonyl (C=O) groups excluding carboxylic acids is 4. The average Bonchev–Trinajstić information content (AvgIpc) is 3.74. The Morgan fingerprint density at radius 3 is 1.36 bits per heavy atom. The Morgan fingerprint density at radius 2 is 1.04 bits per heavy atom. The Kier molecular flexibility index (Phi) is 13.3. The van der Waals surface area contributed by atoms with E-state index >= 15 is 0 Å². The minimum absolute atomic E-state index is 0.00833. The predicted octanol–water partition coefficient (Wildman–Crippen LogP) is 1.65. The molecule has 2 fully saturated rings. The van der Waals surface area contributed by atoms with Gasteiger partial charge in [-0.25, -0.2) is 9.59 Å². The van der Waals surface area contributed by atoms with Crippen LogP contribution in [0.15, 0.2) is 24.3 Å². The predicted molar refractivity (Wildman–Crippen MR) is 179 cm³/mol. The summed E-state index contributed by atoms with van der Waals surface area (Å²) in [5, 5.41) is 44.1. The maximum atomic E-state index is 13.4. The van der Waals surface area contributed by atoms with Crippen molar-refractivity contribution < 1.29 is 67.7 Å². The van der Waals surface area contributed by atoms with E-state index in [0.29, 0.717) is 19.3 Å². The third-order valence-electron chi connectivity index (χ3n) is 8.75. The maximum Gasteiger partial charge on any atom is 0.328 e. The number of ether oxygens (including phenoxy) is 6. The summed E-state index contributed by atoms with van der Waals surface area (Å²) >= 11 is 0. The van der Waals surface area contributed by atoms with E-state index < -0.39 is 69.3 Å². The van der Waals surface area contributed by atoms with E-state index in [0.717, 1.165) is 48.3 Å². The zero-order chi connectivity index (χ0) is 39.0. The second-order valence-corrected chi connectivity index (χ2v) is 12.1. The van der Waals surface area contributed by atoms with Crippen LogP contribution in [-0.4, -0.2) is 133 Å². The zero-order valence-corrected chi connectivity index (χ0v) is 29.4. The van der Waals surface area contributed by atoms with Crippen LogP contribution in [0, 0.1) is 20.2 Å². The molecule has 4 atom stereocenters. The fourth-order valence-corrected chi connectivity index (χ4v) is 6.14. The number of hydrogen-bond acceptors (Lipinski definition) is 16. The summed E-state index contributed by atoms with van der Waals surface area (Å²) in [6, 6.07) is 2.13. The lowest BCUT2D eigenvalue weighted by molar-refractivity contribution is -0.385. The summed E-state index contributed by atoms with van der Waals surface area (Å²) in [4.78, 5) is 75.5. The number of benzene rings is 2. The lowest BCUT2D eigenvalue weighted by Gasteiger charge is -2.23. The number of rotatable bonds is 16. The number of methoxy groups -OCH3 is 4. The van der Waals surface area contributed by atoms with E-state index in [1.54, 1.807) is 0 Å². The van der Waals surface area contributed by atoms with Crippen molar-refractivity contribution in [3.63, 3.8) is 0 Å². The largest absolute Gasteiger partial charge is 0.493 e. The van der Waals surface area contributed by atoms with Crippen LogP contribution in [0.3, 0.4) is 0 Å². The van der Waals surface area contributed by atoms with Gasteiger partial charge in [0.25, 0.3) is 23.2 Å². The molecule has 20 nitrogen and oxygen atoms in total. The van der Waals surface area contributed by atoms with Crippen molar-refractivity contribution in [2.75, 3.05) is 54.7 Å². The molecule has 2 heterocycles. The first kappa shape index (κ1) is 40.0. The summed E-state index contributed by atoms with van der Waals surface area (Å²) in [6.45, 7) is -0.296. The molecule has 2 aromatic rings. The highest BCUT2D eigenvalue weighted by Gasteiger charge is 2.43. The number of nitrogens with zero attached hydrogens (tertiary/aromatic N) is 4. The third-order valence-corrected chi connectivity index (χ3v) is 8.75. The molecular weight excluding hydrogens is 708 g/mol. The van der Waals surface area contributed by atoms with Gasteiger partial charge in [0.1, 0.15) is 23.2 Å².